The van der Waals surface area contributed by atoms with E-state index in [2.05, 4.69) is 34.4 Å². The number of nitrogens with one attached hydrogen (secondary N) is 3. The van der Waals surface area contributed by atoms with Crippen LogP contribution < -0.4 is 10.6 Å². The summed E-state index contributed by atoms with van der Waals surface area (Å²) in [7, 11) is 0. The standard InChI is InChI=1S/C13H22N4O/c1-3-9(4-2)6-15-13(18)11-5-10-12(7-14-11)17-8-16-10/h8-9,11,14H,3-7H2,1-2H3,(H,15,18)(H,16,17). The van der Waals surface area contributed by atoms with Crippen molar-refractivity contribution in [2.75, 3.05) is 6.54 Å². The van der Waals surface area contributed by atoms with Crippen molar-refractivity contribution in [3.63, 3.8) is 0 Å². The highest BCUT2D eigenvalue weighted by Crippen LogP contribution is 2.12. The van der Waals surface area contributed by atoms with E-state index in [9.17, 15) is 4.79 Å². The van der Waals surface area contributed by atoms with Gasteiger partial charge in [0.25, 0.3) is 0 Å². The molecular weight excluding hydrogens is 228 g/mol. The Labute approximate surface area is 108 Å². The summed E-state index contributed by atoms with van der Waals surface area (Å²) in [6.07, 6.45) is 4.58. The van der Waals surface area contributed by atoms with Crippen molar-refractivity contribution in [2.45, 2.75) is 45.7 Å². The SMILES string of the molecule is CCC(CC)CNC(=O)C1Cc2nc[nH]c2CN1. The number of imidazole rings is 1. The fraction of sp³-hybridized carbons (Fsp3) is 0.692. The predicted octanol–water partition coefficient (Wildman–Crippen LogP) is 0.976. The number of rotatable bonds is 5. The molecule has 0 aromatic carbocycles. The monoisotopic (exact) mass is 250 g/mol. The second kappa shape index (κ2) is 6.00. The van der Waals surface area contributed by atoms with E-state index >= 15 is 0 Å². The fourth-order valence-corrected chi connectivity index (χ4v) is 2.30. The van der Waals surface area contributed by atoms with Crippen molar-refractivity contribution in [1.29, 1.82) is 0 Å². The molecule has 1 atom stereocenters. The van der Waals surface area contributed by atoms with Gasteiger partial charge in [-0.25, -0.2) is 4.98 Å². The maximum atomic E-state index is 12.1. The van der Waals surface area contributed by atoms with Crippen molar-refractivity contribution in [3.05, 3.63) is 17.7 Å². The van der Waals surface area contributed by atoms with Gasteiger partial charge >= 0.3 is 0 Å². The molecule has 0 bridgehead atoms. The first-order valence-corrected chi connectivity index (χ1v) is 6.76. The van der Waals surface area contributed by atoms with Crippen LogP contribution in [0.2, 0.25) is 0 Å². The quantitative estimate of drug-likeness (QED) is 0.729. The summed E-state index contributed by atoms with van der Waals surface area (Å²) >= 11 is 0. The van der Waals surface area contributed by atoms with Crippen molar-refractivity contribution < 1.29 is 4.79 Å². The summed E-state index contributed by atoms with van der Waals surface area (Å²) in [5.41, 5.74) is 2.11. The van der Waals surface area contributed by atoms with Gasteiger partial charge in [0.15, 0.2) is 0 Å². The molecule has 1 aliphatic heterocycles. The zero-order valence-corrected chi connectivity index (χ0v) is 11.1. The van der Waals surface area contributed by atoms with E-state index in [0.29, 0.717) is 18.9 Å². The highest BCUT2D eigenvalue weighted by molar-refractivity contribution is 5.82. The minimum absolute atomic E-state index is 0.0931. The number of fused-ring (bicyclic) bond motifs is 1. The Bertz CT molecular complexity index is 397. The Balaban J connectivity index is 1.84. The Kier molecular flexibility index (Phi) is 4.36. The van der Waals surface area contributed by atoms with Gasteiger partial charge in [0.05, 0.1) is 23.8 Å². The van der Waals surface area contributed by atoms with Gasteiger partial charge in [-0.2, -0.15) is 0 Å². The number of carbonyl (C=O) groups is 1. The first-order valence-electron chi connectivity index (χ1n) is 6.76. The normalized spacial score (nSPS) is 18.7. The average Bonchev–Trinajstić information content (AvgIpc) is 2.86. The second-order valence-electron chi connectivity index (χ2n) is 4.89. The molecule has 1 aromatic heterocycles. The number of hydrogen-bond acceptors (Lipinski definition) is 3. The molecule has 1 unspecified atom stereocenters. The van der Waals surface area contributed by atoms with Gasteiger partial charge in [-0.15, -0.1) is 0 Å². The number of nitrogens with zero attached hydrogens (tertiary/aromatic N) is 1. The number of amides is 1. The van der Waals surface area contributed by atoms with Crippen molar-refractivity contribution in [3.8, 4) is 0 Å². The first kappa shape index (κ1) is 13.1. The molecule has 5 heteroatoms. The maximum Gasteiger partial charge on any atom is 0.237 e. The number of H-pyrrole nitrogens is 1. The van der Waals surface area contributed by atoms with Crippen LogP contribution in [0.1, 0.15) is 38.1 Å². The molecule has 1 aliphatic rings. The Hall–Kier alpha value is -1.36. The summed E-state index contributed by atoms with van der Waals surface area (Å²) in [6, 6.07) is -0.143. The smallest absolute Gasteiger partial charge is 0.237 e. The summed E-state index contributed by atoms with van der Waals surface area (Å²) in [4.78, 5) is 19.4. The molecular formula is C13H22N4O. The van der Waals surface area contributed by atoms with Gasteiger partial charge in [0, 0.05) is 19.5 Å². The Morgan fingerprint density at radius 2 is 2.33 bits per heavy atom. The zero-order valence-electron chi connectivity index (χ0n) is 11.1. The molecule has 3 N–H and O–H groups in total. The lowest BCUT2D eigenvalue weighted by molar-refractivity contribution is -0.123. The van der Waals surface area contributed by atoms with Crippen molar-refractivity contribution in [1.82, 2.24) is 20.6 Å². The molecule has 0 saturated heterocycles. The number of hydrogen-bond donors (Lipinski definition) is 3. The van der Waals surface area contributed by atoms with E-state index in [-0.39, 0.29) is 11.9 Å². The van der Waals surface area contributed by atoms with Gasteiger partial charge < -0.3 is 10.3 Å². The topological polar surface area (TPSA) is 69.8 Å². The van der Waals surface area contributed by atoms with Gasteiger partial charge in [-0.3, -0.25) is 10.1 Å². The highest BCUT2D eigenvalue weighted by Gasteiger charge is 2.25. The highest BCUT2D eigenvalue weighted by atomic mass is 16.2. The van der Waals surface area contributed by atoms with E-state index in [0.717, 1.165) is 30.8 Å². The van der Waals surface area contributed by atoms with Crippen LogP contribution in [0.5, 0.6) is 0 Å². The van der Waals surface area contributed by atoms with Gasteiger partial charge in [-0.1, -0.05) is 26.7 Å². The molecule has 1 aromatic rings. The minimum atomic E-state index is -0.143. The third-order valence-electron chi connectivity index (χ3n) is 3.77. The lowest BCUT2D eigenvalue weighted by atomic mass is 10.0. The lowest BCUT2D eigenvalue weighted by Gasteiger charge is -2.23. The average molecular weight is 250 g/mol. The molecule has 0 spiro atoms. The summed E-state index contributed by atoms with van der Waals surface area (Å²) in [5, 5.41) is 6.28. The van der Waals surface area contributed by atoms with E-state index < -0.39 is 0 Å². The number of aromatic amines is 1. The molecule has 0 fully saturated rings. The van der Waals surface area contributed by atoms with E-state index in [1.54, 1.807) is 6.33 Å². The molecule has 0 aliphatic carbocycles. The third-order valence-corrected chi connectivity index (χ3v) is 3.77. The molecule has 2 rings (SSSR count). The second-order valence-corrected chi connectivity index (χ2v) is 4.89. The minimum Gasteiger partial charge on any atom is -0.354 e. The molecule has 100 valence electrons. The maximum absolute atomic E-state index is 12.1. The molecule has 2 heterocycles. The largest absolute Gasteiger partial charge is 0.354 e. The molecule has 0 radical (unpaired) electrons. The van der Waals surface area contributed by atoms with Gasteiger partial charge in [0.2, 0.25) is 5.91 Å². The molecule has 1 amide bonds. The number of aromatic nitrogens is 2. The third kappa shape index (κ3) is 2.90. The molecule has 18 heavy (non-hydrogen) atoms. The predicted molar refractivity (Wildman–Crippen MR) is 70.0 cm³/mol. The summed E-state index contributed by atoms with van der Waals surface area (Å²) in [6.45, 7) is 5.79. The van der Waals surface area contributed by atoms with Crippen LogP contribution >= 0.6 is 0 Å². The fourth-order valence-electron chi connectivity index (χ4n) is 2.30. The Morgan fingerprint density at radius 3 is 3.06 bits per heavy atom. The summed E-state index contributed by atoms with van der Waals surface area (Å²) in [5.74, 6) is 0.675. The number of carbonyl (C=O) groups excluding carboxylic acids is 1. The van der Waals surface area contributed by atoms with Crippen LogP contribution in [0.25, 0.3) is 0 Å². The summed E-state index contributed by atoms with van der Waals surface area (Å²) < 4.78 is 0. The van der Waals surface area contributed by atoms with Crippen LogP contribution in [-0.2, 0) is 17.8 Å². The molecule has 0 saturated carbocycles. The van der Waals surface area contributed by atoms with E-state index in [1.165, 1.54) is 0 Å². The van der Waals surface area contributed by atoms with Gasteiger partial charge in [0.1, 0.15) is 0 Å². The van der Waals surface area contributed by atoms with E-state index in [1.807, 2.05) is 0 Å². The lowest BCUT2D eigenvalue weighted by Crippen LogP contribution is -2.48. The van der Waals surface area contributed by atoms with Crippen LogP contribution in [0.15, 0.2) is 6.33 Å². The van der Waals surface area contributed by atoms with Crippen molar-refractivity contribution >= 4 is 5.91 Å². The van der Waals surface area contributed by atoms with Crippen molar-refractivity contribution in [2.24, 2.45) is 5.92 Å². The Morgan fingerprint density at radius 1 is 1.56 bits per heavy atom. The van der Waals surface area contributed by atoms with Crippen LogP contribution in [-0.4, -0.2) is 28.5 Å². The van der Waals surface area contributed by atoms with Crippen LogP contribution in [0.3, 0.4) is 0 Å². The van der Waals surface area contributed by atoms with Gasteiger partial charge in [-0.05, 0) is 5.92 Å². The zero-order chi connectivity index (χ0) is 13.0. The first-order chi connectivity index (χ1) is 8.74. The van der Waals surface area contributed by atoms with E-state index in [4.69, 9.17) is 0 Å². The molecule has 5 nitrogen and oxygen atoms in total. The van der Waals surface area contributed by atoms with Crippen LogP contribution in [0.4, 0.5) is 0 Å². The van der Waals surface area contributed by atoms with Crippen LogP contribution in [0, 0.1) is 5.92 Å².